The summed E-state index contributed by atoms with van der Waals surface area (Å²) in [6, 6.07) is 19.5. The first-order valence-corrected chi connectivity index (χ1v) is 11.6. The highest BCUT2D eigenvalue weighted by molar-refractivity contribution is 7.99. The van der Waals surface area contributed by atoms with Crippen molar-refractivity contribution in [2.75, 3.05) is 11.1 Å². The zero-order chi connectivity index (χ0) is 22.7. The first-order valence-electron chi connectivity index (χ1n) is 9.84. The second kappa shape index (κ2) is 9.37. The van der Waals surface area contributed by atoms with Crippen molar-refractivity contribution in [3.05, 3.63) is 76.7 Å². The predicted molar refractivity (Wildman–Crippen MR) is 128 cm³/mol. The van der Waals surface area contributed by atoms with Gasteiger partial charge in [-0.3, -0.25) is 14.2 Å². The molecule has 2 amide bonds. The number of rotatable bonds is 7. The second-order valence-corrected chi connectivity index (χ2v) is 9.20. The Morgan fingerprint density at radius 2 is 1.69 bits per heavy atom. The number of nitrogens with two attached hydrogens (primary N) is 1. The van der Waals surface area contributed by atoms with Crippen molar-refractivity contribution in [3.8, 4) is 17.1 Å². The van der Waals surface area contributed by atoms with Crippen molar-refractivity contribution in [2.24, 2.45) is 5.73 Å². The van der Waals surface area contributed by atoms with E-state index in [9.17, 15) is 9.59 Å². The molecule has 2 aromatic heterocycles. The molecule has 4 rings (SSSR count). The number of anilines is 1. The smallest absolute Gasteiger partial charge is 0.251 e. The minimum Gasteiger partial charge on any atom is -0.365 e. The number of nitrogens with one attached hydrogen (secondary N) is 1. The van der Waals surface area contributed by atoms with Crippen molar-refractivity contribution in [1.82, 2.24) is 14.8 Å². The van der Waals surface area contributed by atoms with Crippen molar-refractivity contribution in [1.29, 1.82) is 0 Å². The Balaban J connectivity index is 1.58. The lowest BCUT2D eigenvalue weighted by molar-refractivity contribution is -0.113. The maximum atomic E-state index is 12.7. The van der Waals surface area contributed by atoms with Gasteiger partial charge in [0, 0.05) is 16.1 Å². The topological polar surface area (TPSA) is 103 Å². The van der Waals surface area contributed by atoms with Gasteiger partial charge >= 0.3 is 0 Å². The van der Waals surface area contributed by atoms with Gasteiger partial charge in [-0.05, 0) is 31.5 Å². The number of thiophene rings is 1. The van der Waals surface area contributed by atoms with E-state index in [-0.39, 0.29) is 11.7 Å². The third kappa shape index (κ3) is 4.44. The molecule has 0 radical (unpaired) electrons. The zero-order valence-electron chi connectivity index (χ0n) is 17.5. The first-order chi connectivity index (χ1) is 15.5. The van der Waals surface area contributed by atoms with Crippen molar-refractivity contribution >= 4 is 39.9 Å². The molecule has 0 fully saturated rings. The van der Waals surface area contributed by atoms with E-state index in [1.807, 2.05) is 79.1 Å². The summed E-state index contributed by atoms with van der Waals surface area (Å²) in [7, 11) is 0. The van der Waals surface area contributed by atoms with E-state index in [2.05, 4.69) is 15.5 Å². The quantitative estimate of drug-likeness (QED) is 0.394. The lowest BCUT2D eigenvalue weighted by atomic mass is 10.1. The Hall–Kier alpha value is -3.43. The van der Waals surface area contributed by atoms with E-state index < -0.39 is 5.91 Å². The molecule has 9 heteroatoms. The summed E-state index contributed by atoms with van der Waals surface area (Å²) in [6.07, 6.45) is 0. The van der Waals surface area contributed by atoms with Gasteiger partial charge in [-0.2, -0.15) is 0 Å². The Morgan fingerprint density at radius 3 is 2.34 bits per heavy atom. The van der Waals surface area contributed by atoms with Gasteiger partial charge in [0.1, 0.15) is 5.00 Å². The third-order valence-corrected chi connectivity index (χ3v) is 6.95. The van der Waals surface area contributed by atoms with Gasteiger partial charge in [-0.25, -0.2) is 0 Å². The molecule has 0 unspecified atom stereocenters. The lowest BCUT2D eigenvalue weighted by Gasteiger charge is -2.10. The number of para-hydroxylation sites is 1. The van der Waals surface area contributed by atoms with Crippen LogP contribution >= 0.6 is 23.1 Å². The van der Waals surface area contributed by atoms with Crippen molar-refractivity contribution in [2.45, 2.75) is 19.0 Å². The number of aryl methyl sites for hydroxylation is 1. The fourth-order valence-electron chi connectivity index (χ4n) is 3.25. The average molecular weight is 464 g/mol. The van der Waals surface area contributed by atoms with Crippen LogP contribution in [0.3, 0.4) is 0 Å². The highest BCUT2D eigenvalue weighted by Crippen LogP contribution is 2.33. The Bertz CT molecular complexity index is 1270. The van der Waals surface area contributed by atoms with Gasteiger partial charge in [0.25, 0.3) is 5.91 Å². The summed E-state index contributed by atoms with van der Waals surface area (Å²) in [5.74, 6) is 0.00232. The van der Waals surface area contributed by atoms with E-state index in [0.29, 0.717) is 21.5 Å². The number of hydrogen-bond acceptors (Lipinski definition) is 6. The minimum atomic E-state index is -0.550. The molecule has 0 aliphatic carbocycles. The second-order valence-electron chi connectivity index (χ2n) is 7.03. The van der Waals surface area contributed by atoms with Gasteiger partial charge in [0.15, 0.2) is 11.0 Å². The van der Waals surface area contributed by atoms with Crippen LogP contribution in [0.25, 0.3) is 17.1 Å². The number of thioether (sulfide) groups is 1. The van der Waals surface area contributed by atoms with Crippen LogP contribution in [0, 0.1) is 13.8 Å². The number of carbonyl (C=O) groups excluding carboxylic acids is 2. The highest BCUT2D eigenvalue weighted by atomic mass is 32.2. The highest BCUT2D eigenvalue weighted by Gasteiger charge is 2.20. The number of carbonyl (C=O) groups is 2. The van der Waals surface area contributed by atoms with Gasteiger partial charge in [-0.1, -0.05) is 60.3 Å². The molecule has 4 aromatic rings. The molecule has 32 heavy (non-hydrogen) atoms. The summed E-state index contributed by atoms with van der Waals surface area (Å²) < 4.78 is 1.93. The monoisotopic (exact) mass is 463 g/mol. The van der Waals surface area contributed by atoms with Crippen LogP contribution in [-0.4, -0.2) is 32.3 Å². The Labute approximate surface area is 193 Å². The summed E-state index contributed by atoms with van der Waals surface area (Å²) in [5.41, 5.74) is 8.49. The van der Waals surface area contributed by atoms with Crippen molar-refractivity contribution < 1.29 is 9.59 Å². The zero-order valence-corrected chi connectivity index (χ0v) is 19.2. The molecule has 0 aliphatic rings. The molecular weight excluding hydrogens is 442 g/mol. The fourth-order valence-corrected chi connectivity index (χ4v) is 5.09. The number of nitrogens with zero attached hydrogens (tertiary/aromatic N) is 3. The predicted octanol–water partition coefficient (Wildman–Crippen LogP) is 4.44. The molecular formula is C23H21N5O2S2. The van der Waals surface area contributed by atoms with Gasteiger partial charge < -0.3 is 11.1 Å². The molecule has 2 heterocycles. The molecule has 7 nitrogen and oxygen atoms in total. The molecule has 0 saturated heterocycles. The van der Waals surface area contributed by atoms with Gasteiger partial charge in [0.05, 0.1) is 11.3 Å². The number of amides is 2. The van der Waals surface area contributed by atoms with Gasteiger partial charge in [0.2, 0.25) is 5.91 Å². The van der Waals surface area contributed by atoms with E-state index in [0.717, 1.165) is 21.7 Å². The summed E-state index contributed by atoms with van der Waals surface area (Å²) in [4.78, 5) is 25.4. The number of aromatic nitrogens is 3. The van der Waals surface area contributed by atoms with Crippen LogP contribution in [0.5, 0.6) is 0 Å². The molecule has 162 valence electrons. The standard InChI is InChI=1S/C23H21N5O2S2/c1-14-15(2)32-22(19(14)20(24)30)25-18(29)13-31-23-27-26-21(16-9-5-3-6-10-16)28(23)17-11-7-4-8-12-17/h3-12H,13H2,1-2H3,(H2,24,30)(H,25,29). The average Bonchev–Trinajstić information content (AvgIpc) is 3.34. The lowest BCUT2D eigenvalue weighted by Crippen LogP contribution is -2.18. The van der Waals surface area contributed by atoms with E-state index in [4.69, 9.17) is 5.73 Å². The van der Waals surface area contributed by atoms with Crippen LogP contribution in [0.2, 0.25) is 0 Å². The maximum absolute atomic E-state index is 12.7. The number of benzene rings is 2. The van der Waals surface area contributed by atoms with Crippen LogP contribution < -0.4 is 11.1 Å². The van der Waals surface area contributed by atoms with Crippen LogP contribution in [-0.2, 0) is 4.79 Å². The van der Waals surface area contributed by atoms with Crippen LogP contribution in [0.4, 0.5) is 5.00 Å². The molecule has 0 aliphatic heterocycles. The maximum Gasteiger partial charge on any atom is 0.251 e. The Kier molecular flexibility index (Phi) is 6.38. The number of hydrogen-bond donors (Lipinski definition) is 2. The summed E-state index contributed by atoms with van der Waals surface area (Å²) in [5, 5.41) is 12.6. The largest absolute Gasteiger partial charge is 0.365 e. The molecule has 3 N–H and O–H groups in total. The first kappa shape index (κ1) is 21.8. The van der Waals surface area contributed by atoms with Crippen LogP contribution in [0.1, 0.15) is 20.8 Å². The van der Waals surface area contributed by atoms with Crippen molar-refractivity contribution in [3.63, 3.8) is 0 Å². The van der Waals surface area contributed by atoms with E-state index >= 15 is 0 Å². The summed E-state index contributed by atoms with van der Waals surface area (Å²) in [6.45, 7) is 3.72. The fraction of sp³-hybridized carbons (Fsp3) is 0.130. The molecule has 0 bridgehead atoms. The number of primary amides is 1. The molecule has 0 atom stereocenters. The Morgan fingerprint density at radius 1 is 1.03 bits per heavy atom. The van der Waals surface area contributed by atoms with E-state index in [1.54, 1.807) is 0 Å². The SMILES string of the molecule is Cc1sc(NC(=O)CSc2nnc(-c3ccccc3)n2-c2ccccc2)c(C(N)=O)c1C. The normalized spacial score (nSPS) is 10.8. The molecule has 0 saturated carbocycles. The van der Waals surface area contributed by atoms with Crippen LogP contribution in [0.15, 0.2) is 65.8 Å². The molecule has 0 spiro atoms. The van der Waals surface area contributed by atoms with E-state index in [1.165, 1.54) is 23.1 Å². The molecule has 2 aromatic carbocycles. The third-order valence-electron chi connectivity index (χ3n) is 4.90. The minimum absolute atomic E-state index is 0.105. The van der Waals surface area contributed by atoms with Gasteiger partial charge in [-0.15, -0.1) is 21.5 Å². The summed E-state index contributed by atoms with van der Waals surface area (Å²) >= 11 is 2.62.